The van der Waals surface area contributed by atoms with Gasteiger partial charge in [0.1, 0.15) is 37.9 Å². The van der Waals surface area contributed by atoms with Gasteiger partial charge in [-0.1, -0.05) is 28.1 Å². The summed E-state index contributed by atoms with van der Waals surface area (Å²) in [6, 6.07) is 6.80. The van der Waals surface area contributed by atoms with Gasteiger partial charge in [0, 0.05) is 16.9 Å². The first-order valence-electron chi connectivity index (χ1n) is 11.5. The number of anilines is 1. The Hall–Kier alpha value is -3.04. The number of aromatic nitrogens is 4. The van der Waals surface area contributed by atoms with Crippen LogP contribution in [-0.2, 0) is 19.7 Å². The highest BCUT2D eigenvalue weighted by atomic mass is 79.9. The number of aliphatic hydroxyl groups excluding tert-OH is 3. The number of carboxylic acid groups (broad SMARTS) is 1. The van der Waals surface area contributed by atoms with Gasteiger partial charge in [0.15, 0.2) is 18.1 Å². The Morgan fingerprint density at radius 2 is 1.59 bits per heavy atom. The van der Waals surface area contributed by atoms with E-state index >= 15 is 0 Å². The van der Waals surface area contributed by atoms with Crippen molar-refractivity contribution in [2.75, 3.05) is 17.9 Å². The van der Waals surface area contributed by atoms with Crippen molar-refractivity contribution in [2.24, 2.45) is 0 Å². The minimum atomic E-state index is -4.65. The van der Waals surface area contributed by atoms with E-state index in [0.717, 1.165) is 10.8 Å². The SMILES string of the molecule is O=C(O)[C@H]1O[C@@H](NS(=O)(=O)Nc2ncnc(OCCOc3ncc(Br)cn3)c2-c2ccc(Br)cc2)[C@H](O)[C@@H](O)[C@@H]1O. The Labute approximate surface area is 249 Å². The van der Waals surface area contributed by atoms with Crippen LogP contribution in [0.4, 0.5) is 5.82 Å². The minimum Gasteiger partial charge on any atom is -0.479 e. The molecular formula is C22H22Br2N6O10S. The third-order valence-corrected chi connectivity index (χ3v) is 7.40. The van der Waals surface area contributed by atoms with Gasteiger partial charge in [-0.25, -0.2) is 24.7 Å². The van der Waals surface area contributed by atoms with Gasteiger partial charge in [-0.15, -0.1) is 0 Å². The molecule has 4 rings (SSSR count). The Bertz CT molecular complexity index is 1470. The number of ether oxygens (including phenoxy) is 3. The lowest BCUT2D eigenvalue weighted by molar-refractivity contribution is -0.229. The van der Waals surface area contributed by atoms with E-state index in [9.17, 15) is 33.6 Å². The molecule has 41 heavy (non-hydrogen) atoms. The molecule has 16 nitrogen and oxygen atoms in total. The molecule has 6 N–H and O–H groups in total. The van der Waals surface area contributed by atoms with Crippen molar-refractivity contribution >= 4 is 53.9 Å². The number of benzene rings is 1. The van der Waals surface area contributed by atoms with Gasteiger partial charge < -0.3 is 34.6 Å². The molecule has 0 bridgehead atoms. The second-order valence-electron chi connectivity index (χ2n) is 8.30. The van der Waals surface area contributed by atoms with Crippen LogP contribution < -0.4 is 18.9 Å². The van der Waals surface area contributed by atoms with Crippen LogP contribution in [0.15, 0.2) is 51.9 Å². The lowest BCUT2D eigenvalue weighted by Gasteiger charge is -2.38. The molecule has 0 unspecified atom stereocenters. The van der Waals surface area contributed by atoms with Crippen molar-refractivity contribution in [3.63, 3.8) is 0 Å². The Balaban J connectivity index is 1.55. The molecule has 0 spiro atoms. The van der Waals surface area contributed by atoms with Crippen LogP contribution in [-0.4, -0.2) is 98.6 Å². The van der Waals surface area contributed by atoms with Gasteiger partial charge >= 0.3 is 22.2 Å². The van der Waals surface area contributed by atoms with Gasteiger partial charge in [-0.2, -0.15) is 13.1 Å². The zero-order valence-electron chi connectivity index (χ0n) is 20.5. The van der Waals surface area contributed by atoms with Crippen LogP contribution in [0.1, 0.15) is 0 Å². The topological polar surface area (TPSA) is 235 Å². The largest absolute Gasteiger partial charge is 0.479 e. The number of carboxylic acids is 1. The smallest absolute Gasteiger partial charge is 0.335 e. The zero-order chi connectivity index (χ0) is 29.7. The second kappa shape index (κ2) is 13.3. The van der Waals surface area contributed by atoms with Gasteiger partial charge in [0.25, 0.3) is 0 Å². The number of rotatable bonds is 11. The average molecular weight is 722 g/mol. The number of hydrogen-bond acceptors (Lipinski definition) is 13. The molecule has 1 fully saturated rings. The number of nitrogens with zero attached hydrogens (tertiary/aromatic N) is 4. The molecule has 1 aliphatic heterocycles. The first kappa shape index (κ1) is 30.9. The summed E-state index contributed by atoms with van der Waals surface area (Å²) < 4.78 is 47.7. The maximum absolute atomic E-state index is 13.0. The lowest BCUT2D eigenvalue weighted by Crippen LogP contribution is -2.64. The van der Waals surface area contributed by atoms with Crippen molar-refractivity contribution < 1.29 is 47.8 Å². The summed E-state index contributed by atoms with van der Waals surface area (Å²) in [5.74, 6) is -1.94. The number of carbonyl (C=O) groups is 1. The molecule has 0 amide bonds. The number of halogens is 2. The van der Waals surface area contributed by atoms with E-state index in [-0.39, 0.29) is 36.5 Å². The van der Waals surface area contributed by atoms with Crippen molar-refractivity contribution in [2.45, 2.75) is 30.6 Å². The van der Waals surface area contributed by atoms with E-state index in [1.807, 2.05) is 4.72 Å². The third kappa shape index (κ3) is 7.83. The summed E-state index contributed by atoms with van der Waals surface area (Å²) in [7, 11) is -4.65. The van der Waals surface area contributed by atoms with Crippen LogP contribution in [0.5, 0.6) is 11.9 Å². The Kier molecular flexibility index (Phi) is 10.0. The quantitative estimate of drug-likeness (QED) is 0.144. The molecule has 0 aliphatic carbocycles. The summed E-state index contributed by atoms with van der Waals surface area (Å²) in [5, 5.41) is 39.3. The van der Waals surface area contributed by atoms with E-state index in [4.69, 9.17) is 14.2 Å². The number of nitrogens with one attached hydrogen (secondary N) is 2. The Morgan fingerprint density at radius 1 is 0.927 bits per heavy atom. The van der Waals surface area contributed by atoms with E-state index in [1.54, 1.807) is 24.3 Å². The molecule has 2 aromatic heterocycles. The van der Waals surface area contributed by atoms with Crippen molar-refractivity contribution in [1.29, 1.82) is 0 Å². The van der Waals surface area contributed by atoms with Crippen molar-refractivity contribution in [3.8, 4) is 23.0 Å². The number of hydrogen-bond donors (Lipinski definition) is 6. The number of aliphatic hydroxyl groups is 3. The molecular weight excluding hydrogens is 700 g/mol. The molecule has 1 aromatic carbocycles. The first-order chi connectivity index (χ1) is 19.4. The van der Waals surface area contributed by atoms with Crippen molar-refractivity contribution in [3.05, 3.63) is 51.9 Å². The standard InChI is InChI=1S/C22H22Br2N6O10S/c23-11-3-1-10(2-4-11)13-18(27-9-28-19(13)38-5-6-39-22-25-7-12(24)8-26-22)29-41(36,37)30-20-16(33)14(31)15(32)17(40-20)21(34)35/h1-4,7-9,14-17,20,30-33H,5-6H2,(H,34,35)(H,27,28,29)/t14-,15-,16+,17-,20+/m0/s1. The zero-order valence-corrected chi connectivity index (χ0v) is 24.5. The van der Waals surface area contributed by atoms with Crippen molar-refractivity contribution in [1.82, 2.24) is 24.7 Å². The molecule has 3 heterocycles. The molecule has 19 heteroatoms. The normalized spacial score (nSPS) is 22.6. The summed E-state index contributed by atoms with van der Waals surface area (Å²) in [6.45, 7) is -0.0207. The van der Waals surface area contributed by atoms with E-state index in [1.165, 1.54) is 12.4 Å². The highest BCUT2D eigenvalue weighted by Crippen LogP contribution is 2.35. The van der Waals surface area contributed by atoms with Crippen LogP contribution >= 0.6 is 31.9 Å². The highest BCUT2D eigenvalue weighted by molar-refractivity contribution is 9.10. The predicted molar refractivity (Wildman–Crippen MR) is 146 cm³/mol. The van der Waals surface area contributed by atoms with E-state index < -0.39 is 46.8 Å². The molecule has 220 valence electrons. The van der Waals surface area contributed by atoms with Crippen LogP contribution in [0.2, 0.25) is 0 Å². The fourth-order valence-corrected chi connectivity index (χ4v) is 5.01. The fraction of sp³-hybridized carbons (Fsp3) is 0.318. The molecule has 1 aliphatic rings. The third-order valence-electron chi connectivity index (χ3n) is 5.45. The average Bonchev–Trinajstić information content (AvgIpc) is 2.92. The maximum atomic E-state index is 13.0. The molecule has 1 saturated heterocycles. The molecule has 5 atom stereocenters. The van der Waals surface area contributed by atoms with Gasteiger partial charge in [0.2, 0.25) is 5.88 Å². The van der Waals surface area contributed by atoms with Crippen LogP contribution in [0.3, 0.4) is 0 Å². The molecule has 3 aromatic rings. The monoisotopic (exact) mass is 720 g/mol. The second-order valence-corrected chi connectivity index (χ2v) is 11.6. The molecule has 0 radical (unpaired) electrons. The van der Waals surface area contributed by atoms with Crippen LogP contribution in [0, 0.1) is 0 Å². The summed E-state index contributed by atoms with van der Waals surface area (Å²) in [5.41, 5.74) is 0.589. The minimum absolute atomic E-state index is 0.0150. The predicted octanol–water partition coefficient (Wildman–Crippen LogP) is 0.0549. The Morgan fingerprint density at radius 3 is 2.24 bits per heavy atom. The van der Waals surface area contributed by atoms with Gasteiger partial charge in [-0.05, 0) is 33.6 Å². The first-order valence-corrected chi connectivity index (χ1v) is 14.6. The summed E-state index contributed by atoms with van der Waals surface area (Å²) >= 11 is 6.56. The van der Waals surface area contributed by atoms with Crippen LogP contribution in [0.25, 0.3) is 11.1 Å². The fourth-order valence-electron chi connectivity index (χ4n) is 3.57. The highest BCUT2D eigenvalue weighted by Gasteiger charge is 2.48. The van der Waals surface area contributed by atoms with Gasteiger partial charge in [-0.3, -0.25) is 4.72 Å². The number of aliphatic carboxylic acids is 1. The maximum Gasteiger partial charge on any atom is 0.335 e. The van der Waals surface area contributed by atoms with E-state index in [2.05, 4.69) is 56.5 Å². The summed E-state index contributed by atoms with van der Waals surface area (Å²) in [6.07, 6.45) is -5.90. The van der Waals surface area contributed by atoms with Gasteiger partial charge in [0.05, 0.1) is 10.0 Å². The van der Waals surface area contributed by atoms with E-state index in [0.29, 0.717) is 10.0 Å². The lowest BCUT2D eigenvalue weighted by atomic mass is 9.98. The molecule has 0 saturated carbocycles. The summed E-state index contributed by atoms with van der Waals surface area (Å²) in [4.78, 5) is 27.5.